The van der Waals surface area contributed by atoms with Gasteiger partial charge < -0.3 is 15.0 Å². The van der Waals surface area contributed by atoms with Gasteiger partial charge in [-0.25, -0.2) is 4.39 Å². The molecule has 0 unspecified atom stereocenters. The molecule has 0 fully saturated rings. The highest BCUT2D eigenvalue weighted by Crippen LogP contribution is 2.27. The molecule has 0 aliphatic carbocycles. The summed E-state index contributed by atoms with van der Waals surface area (Å²) < 4.78 is 18.2. The number of rotatable bonds is 5. The Labute approximate surface area is 167 Å². The third-order valence-electron chi connectivity index (χ3n) is 4.89. The number of carbonyl (C=O) groups is 2. The van der Waals surface area contributed by atoms with Crippen molar-refractivity contribution in [1.82, 2.24) is 4.90 Å². The van der Waals surface area contributed by atoms with Crippen molar-refractivity contribution < 1.29 is 18.7 Å². The number of benzene rings is 3. The molecule has 0 saturated carbocycles. The average molecular weight is 390 g/mol. The Morgan fingerprint density at radius 1 is 1.07 bits per heavy atom. The average Bonchev–Trinajstić information content (AvgIpc) is 3.04. The maximum atomic E-state index is 13.0. The fraction of sp³-hybridized carbons (Fsp3) is 0.130. The van der Waals surface area contributed by atoms with E-state index in [-0.39, 0.29) is 11.8 Å². The van der Waals surface area contributed by atoms with E-state index in [1.807, 2.05) is 30.3 Å². The second-order valence-electron chi connectivity index (χ2n) is 6.84. The van der Waals surface area contributed by atoms with Crippen molar-refractivity contribution in [3.63, 3.8) is 0 Å². The van der Waals surface area contributed by atoms with E-state index >= 15 is 0 Å². The van der Waals surface area contributed by atoms with Crippen molar-refractivity contribution in [2.75, 3.05) is 12.4 Å². The molecule has 5 nitrogen and oxygen atoms in total. The minimum atomic E-state index is -0.401. The van der Waals surface area contributed by atoms with Gasteiger partial charge in [-0.3, -0.25) is 9.59 Å². The van der Waals surface area contributed by atoms with Gasteiger partial charge in [-0.15, -0.1) is 0 Å². The van der Waals surface area contributed by atoms with E-state index in [0.717, 1.165) is 16.9 Å². The Bertz CT molecular complexity index is 1060. The third kappa shape index (κ3) is 3.96. The molecule has 1 heterocycles. The van der Waals surface area contributed by atoms with Crippen molar-refractivity contribution in [1.29, 1.82) is 0 Å². The Balaban J connectivity index is 1.47. The second kappa shape index (κ2) is 7.75. The van der Waals surface area contributed by atoms with Crippen LogP contribution in [0, 0.1) is 5.82 Å². The first-order valence-corrected chi connectivity index (χ1v) is 9.15. The molecule has 0 aromatic heterocycles. The molecule has 0 spiro atoms. The first-order chi connectivity index (χ1) is 14.0. The first-order valence-electron chi connectivity index (χ1n) is 9.15. The van der Waals surface area contributed by atoms with Gasteiger partial charge in [0.1, 0.15) is 11.6 Å². The third-order valence-corrected chi connectivity index (χ3v) is 4.89. The van der Waals surface area contributed by atoms with Crippen molar-refractivity contribution in [3.8, 4) is 5.75 Å². The predicted octanol–water partition coefficient (Wildman–Crippen LogP) is 4.24. The van der Waals surface area contributed by atoms with Crippen LogP contribution in [0.5, 0.6) is 5.75 Å². The van der Waals surface area contributed by atoms with E-state index < -0.39 is 5.82 Å². The Morgan fingerprint density at radius 2 is 1.79 bits per heavy atom. The molecule has 146 valence electrons. The summed E-state index contributed by atoms with van der Waals surface area (Å²) in [5.74, 6) is -0.0628. The van der Waals surface area contributed by atoms with E-state index in [1.165, 1.54) is 24.3 Å². The van der Waals surface area contributed by atoms with Gasteiger partial charge >= 0.3 is 0 Å². The molecular formula is C23H19FN2O3. The largest absolute Gasteiger partial charge is 0.497 e. The highest BCUT2D eigenvalue weighted by molar-refractivity contribution is 6.05. The summed E-state index contributed by atoms with van der Waals surface area (Å²) in [7, 11) is 1.61. The summed E-state index contributed by atoms with van der Waals surface area (Å²) in [4.78, 5) is 26.9. The molecule has 29 heavy (non-hydrogen) atoms. The van der Waals surface area contributed by atoms with E-state index in [9.17, 15) is 14.0 Å². The van der Waals surface area contributed by atoms with E-state index in [2.05, 4.69) is 5.32 Å². The lowest BCUT2D eigenvalue weighted by Crippen LogP contribution is -2.23. The molecule has 3 aromatic carbocycles. The van der Waals surface area contributed by atoms with Crippen LogP contribution >= 0.6 is 0 Å². The van der Waals surface area contributed by atoms with Crippen LogP contribution in [0.2, 0.25) is 0 Å². The summed E-state index contributed by atoms with van der Waals surface area (Å²) in [6, 6.07) is 18.2. The van der Waals surface area contributed by atoms with E-state index in [0.29, 0.717) is 29.9 Å². The maximum absolute atomic E-state index is 13.0. The van der Waals surface area contributed by atoms with Gasteiger partial charge in [-0.2, -0.15) is 0 Å². The number of nitrogens with one attached hydrogen (secondary N) is 1. The van der Waals surface area contributed by atoms with Gasteiger partial charge in [0.15, 0.2) is 0 Å². The number of methoxy groups -OCH3 is 1. The number of amides is 2. The monoisotopic (exact) mass is 390 g/mol. The molecule has 0 radical (unpaired) electrons. The number of hydrogen-bond acceptors (Lipinski definition) is 3. The number of halogens is 1. The van der Waals surface area contributed by atoms with Crippen LogP contribution < -0.4 is 10.1 Å². The molecule has 2 amide bonds. The number of ether oxygens (including phenoxy) is 1. The zero-order valence-electron chi connectivity index (χ0n) is 15.8. The molecule has 3 aromatic rings. The second-order valence-corrected chi connectivity index (χ2v) is 6.84. The highest BCUT2D eigenvalue weighted by atomic mass is 19.1. The quantitative estimate of drug-likeness (QED) is 0.709. The van der Waals surface area contributed by atoms with E-state index in [1.54, 1.807) is 24.1 Å². The molecule has 0 bridgehead atoms. The summed E-state index contributed by atoms with van der Waals surface area (Å²) in [6.45, 7) is 1.02. The minimum Gasteiger partial charge on any atom is -0.497 e. The molecular weight excluding hydrogens is 371 g/mol. The summed E-state index contributed by atoms with van der Waals surface area (Å²) in [6.07, 6.45) is 0. The number of hydrogen-bond donors (Lipinski definition) is 1. The van der Waals surface area contributed by atoms with Crippen molar-refractivity contribution in [3.05, 3.63) is 94.8 Å². The van der Waals surface area contributed by atoms with Crippen LogP contribution in [0.15, 0.2) is 66.7 Å². The molecule has 1 aliphatic heterocycles. The number of fused-ring (bicyclic) bond motifs is 1. The van der Waals surface area contributed by atoms with Gasteiger partial charge in [0, 0.05) is 29.9 Å². The number of nitrogens with zero attached hydrogens (tertiary/aromatic N) is 1. The molecule has 1 aliphatic rings. The van der Waals surface area contributed by atoms with Gasteiger partial charge in [0.2, 0.25) is 0 Å². The summed E-state index contributed by atoms with van der Waals surface area (Å²) in [5, 5.41) is 2.76. The Kier molecular flexibility index (Phi) is 4.99. The number of carbonyl (C=O) groups excluding carboxylic acids is 2. The molecule has 6 heteroatoms. The van der Waals surface area contributed by atoms with E-state index in [4.69, 9.17) is 4.74 Å². The summed E-state index contributed by atoms with van der Waals surface area (Å²) in [5.41, 5.74) is 3.38. The predicted molar refractivity (Wildman–Crippen MR) is 107 cm³/mol. The fourth-order valence-corrected chi connectivity index (χ4v) is 3.32. The number of anilines is 1. The van der Waals surface area contributed by atoms with Crippen molar-refractivity contribution in [2.24, 2.45) is 0 Å². The standard InChI is InChI=1S/C23H19FN2O3/c1-29-20-10-2-15(3-11-20)13-26-14-17-6-9-19(12-21(17)23(26)28)25-22(27)16-4-7-18(24)8-5-16/h2-12H,13-14H2,1H3,(H,25,27). The SMILES string of the molecule is COc1ccc(CN2Cc3ccc(NC(=O)c4ccc(F)cc4)cc3C2=O)cc1. The maximum Gasteiger partial charge on any atom is 0.255 e. The van der Waals surface area contributed by atoms with Crippen LogP contribution in [-0.4, -0.2) is 23.8 Å². The fourth-order valence-electron chi connectivity index (χ4n) is 3.32. The van der Waals surface area contributed by atoms with Crippen LogP contribution in [0.4, 0.5) is 10.1 Å². The van der Waals surface area contributed by atoms with Gasteiger partial charge in [0.05, 0.1) is 7.11 Å². The van der Waals surface area contributed by atoms with Crippen molar-refractivity contribution in [2.45, 2.75) is 13.1 Å². The first kappa shape index (κ1) is 18.7. The molecule has 1 N–H and O–H groups in total. The van der Waals surface area contributed by atoms with Gasteiger partial charge in [-0.1, -0.05) is 18.2 Å². The molecule has 0 atom stereocenters. The topological polar surface area (TPSA) is 58.6 Å². The van der Waals surface area contributed by atoms with Crippen LogP contribution in [0.1, 0.15) is 31.8 Å². The lowest BCUT2D eigenvalue weighted by molar-refractivity contribution is 0.0766. The minimum absolute atomic E-state index is 0.0753. The Hall–Kier alpha value is -3.67. The zero-order valence-corrected chi connectivity index (χ0v) is 15.8. The summed E-state index contributed by atoms with van der Waals surface area (Å²) >= 11 is 0. The lowest BCUT2D eigenvalue weighted by atomic mass is 10.1. The molecule has 0 saturated heterocycles. The highest BCUT2D eigenvalue weighted by Gasteiger charge is 2.27. The van der Waals surface area contributed by atoms with Crippen molar-refractivity contribution >= 4 is 17.5 Å². The lowest BCUT2D eigenvalue weighted by Gasteiger charge is -2.15. The Morgan fingerprint density at radius 3 is 2.48 bits per heavy atom. The smallest absolute Gasteiger partial charge is 0.255 e. The van der Waals surface area contributed by atoms with Crippen LogP contribution in [-0.2, 0) is 13.1 Å². The zero-order chi connectivity index (χ0) is 20.4. The van der Waals surface area contributed by atoms with Crippen LogP contribution in [0.25, 0.3) is 0 Å². The van der Waals surface area contributed by atoms with Gasteiger partial charge in [-0.05, 0) is 59.7 Å². The van der Waals surface area contributed by atoms with Gasteiger partial charge in [0.25, 0.3) is 11.8 Å². The normalized spacial score (nSPS) is 12.6. The molecule has 4 rings (SSSR count). The van der Waals surface area contributed by atoms with Crippen LogP contribution in [0.3, 0.4) is 0 Å².